The molecule has 0 aliphatic carbocycles. The first-order valence-electron chi connectivity index (χ1n) is 5.09. The summed E-state index contributed by atoms with van der Waals surface area (Å²) in [6.07, 6.45) is 1.93. The third-order valence-electron chi connectivity index (χ3n) is 2.52. The van der Waals surface area contributed by atoms with Crippen LogP contribution in [-0.2, 0) is 0 Å². The number of hydrogen-bond acceptors (Lipinski definition) is 1. The molecule has 1 nitrogen and oxygen atoms in total. The van der Waals surface area contributed by atoms with Gasteiger partial charge in [-0.05, 0) is 31.9 Å². The first-order valence-corrected chi connectivity index (χ1v) is 5.09. The fraction of sp³-hybridized carbons (Fsp3) is 0.385. The second-order valence-electron chi connectivity index (χ2n) is 3.77. The van der Waals surface area contributed by atoms with Crippen LogP contribution in [0.1, 0.15) is 31.0 Å². The maximum atomic E-state index is 3.77. The zero-order valence-electron chi connectivity index (χ0n) is 9.25. The molecule has 0 amide bonds. The van der Waals surface area contributed by atoms with Gasteiger partial charge < -0.3 is 5.32 Å². The summed E-state index contributed by atoms with van der Waals surface area (Å²) in [7, 11) is 0. The molecule has 0 saturated carbocycles. The van der Waals surface area contributed by atoms with Crippen LogP contribution >= 0.6 is 0 Å². The summed E-state index contributed by atoms with van der Waals surface area (Å²) in [5, 5.41) is 3.47. The molecule has 1 aromatic carbocycles. The summed E-state index contributed by atoms with van der Waals surface area (Å²) >= 11 is 0. The Kier molecular flexibility index (Phi) is 3.90. The number of benzene rings is 1. The van der Waals surface area contributed by atoms with Gasteiger partial charge in [-0.25, -0.2) is 0 Å². The molecule has 0 aromatic heterocycles. The summed E-state index contributed by atoms with van der Waals surface area (Å²) in [5.41, 5.74) is 2.70. The van der Waals surface area contributed by atoms with E-state index in [2.05, 4.69) is 56.9 Å². The van der Waals surface area contributed by atoms with Gasteiger partial charge >= 0.3 is 0 Å². The van der Waals surface area contributed by atoms with E-state index in [1.54, 1.807) is 0 Å². The molecule has 0 fully saturated rings. The van der Waals surface area contributed by atoms with E-state index in [1.807, 2.05) is 6.08 Å². The minimum atomic E-state index is 0.351. The van der Waals surface area contributed by atoms with Gasteiger partial charge in [-0.3, -0.25) is 0 Å². The van der Waals surface area contributed by atoms with Crippen molar-refractivity contribution in [3.63, 3.8) is 0 Å². The fourth-order valence-electron chi connectivity index (χ4n) is 1.62. The summed E-state index contributed by atoms with van der Waals surface area (Å²) in [5.74, 6) is 0. The van der Waals surface area contributed by atoms with E-state index in [1.165, 1.54) is 11.1 Å². The molecule has 1 rings (SSSR count). The lowest BCUT2D eigenvalue weighted by molar-refractivity contribution is 0.535. The van der Waals surface area contributed by atoms with Gasteiger partial charge in [-0.2, -0.15) is 0 Å². The Morgan fingerprint density at radius 2 is 1.93 bits per heavy atom. The van der Waals surface area contributed by atoms with Crippen LogP contribution in [0.3, 0.4) is 0 Å². The molecule has 1 heteroatoms. The third-order valence-corrected chi connectivity index (χ3v) is 2.52. The Labute approximate surface area is 86.8 Å². The highest BCUT2D eigenvalue weighted by Crippen LogP contribution is 2.16. The van der Waals surface area contributed by atoms with E-state index in [4.69, 9.17) is 0 Å². The van der Waals surface area contributed by atoms with E-state index in [-0.39, 0.29) is 0 Å². The zero-order chi connectivity index (χ0) is 10.6. The molecule has 14 heavy (non-hydrogen) atoms. The van der Waals surface area contributed by atoms with Crippen LogP contribution in [0, 0.1) is 6.92 Å². The van der Waals surface area contributed by atoms with Gasteiger partial charge in [-0.15, -0.1) is 6.58 Å². The highest BCUT2D eigenvalue weighted by atomic mass is 14.9. The quantitative estimate of drug-likeness (QED) is 0.717. The lowest BCUT2D eigenvalue weighted by atomic mass is 10.0. The standard InChI is InChI=1S/C13H19N/c1-5-11(3)14-12(4)13-9-7-6-8-10(13)2/h5-9,11-12,14H,1H2,2-4H3/t11?,12-/m0/s1. The Morgan fingerprint density at radius 1 is 1.29 bits per heavy atom. The maximum Gasteiger partial charge on any atom is 0.0299 e. The second kappa shape index (κ2) is 4.97. The molecule has 0 saturated heterocycles. The van der Waals surface area contributed by atoms with Crippen LogP contribution in [0.5, 0.6) is 0 Å². The smallest absolute Gasteiger partial charge is 0.0299 e. The summed E-state index contributed by atoms with van der Waals surface area (Å²) in [6.45, 7) is 10.2. The van der Waals surface area contributed by atoms with Gasteiger partial charge in [0, 0.05) is 12.1 Å². The van der Waals surface area contributed by atoms with Crippen molar-refractivity contribution < 1.29 is 0 Å². The minimum Gasteiger partial charge on any atom is -0.304 e. The van der Waals surface area contributed by atoms with Crippen molar-refractivity contribution in [3.8, 4) is 0 Å². The van der Waals surface area contributed by atoms with Crippen LogP contribution in [0.15, 0.2) is 36.9 Å². The minimum absolute atomic E-state index is 0.351. The number of aryl methyl sites for hydroxylation is 1. The predicted molar refractivity (Wildman–Crippen MR) is 62.4 cm³/mol. The van der Waals surface area contributed by atoms with Crippen molar-refractivity contribution in [3.05, 3.63) is 48.0 Å². The number of hydrogen-bond donors (Lipinski definition) is 1. The van der Waals surface area contributed by atoms with Gasteiger partial charge in [0.1, 0.15) is 0 Å². The van der Waals surface area contributed by atoms with Crippen molar-refractivity contribution >= 4 is 0 Å². The predicted octanol–water partition coefficient (Wildman–Crippen LogP) is 3.22. The van der Waals surface area contributed by atoms with Gasteiger partial charge in [0.05, 0.1) is 0 Å². The largest absolute Gasteiger partial charge is 0.304 e. The van der Waals surface area contributed by atoms with Gasteiger partial charge in [0.15, 0.2) is 0 Å². The first kappa shape index (κ1) is 11.0. The number of nitrogens with one attached hydrogen (secondary N) is 1. The molecule has 1 N–H and O–H groups in total. The molecule has 0 radical (unpaired) electrons. The van der Waals surface area contributed by atoms with E-state index in [0.717, 1.165) is 0 Å². The average molecular weight is 189 g/mol. The molecule has 0 bridgehead atoms. The molecular weight excluding hydrogens is 170 g/mol. The van der Waals surface area contributed by atoms with Crippen LogP contribution in [0.2, 0.25) is 0 Å². The Hall–Kier alpha value is -1.08. The van der Waals surface area contributed by atoms with Crippen LogP contribution < -0.4 is 5.32 Å². The first-order chi connectivity index (χ1) is 6.65. The van der Waals surface area contributed by atoms with E-state index in [0.29, 0.717) is 12.1 Å². The molecule has 0 aliphatic heterocycles. The zero-order valence-corrected chi connectivity index (χ0v) is 9.25. The van der Waals surface area contributed by atoms with Gasteiger partial charge in [0.25, 0.3) is 0 Å². The number of rotatable bonds is 4. The molecular formula is C13H19N. The van der Waals surface area contributed by atoms with Crippen molar-refractivity contribution in [1.29, 1.82) is 0 Å². The van der Waals surface area contributed by atoms with Crippen molar-refractivity contribution in [1.82, 2.24) is 5.32 Å². The lowest BCUT2D eigenvalue weighted by Gasteiger charge is -2.19. The van der Waals surface area contributed by atoms with Crippen LogP contribution in [0.4, 0.5) is 0 Å². The highest BCUT2D eigenvalue weighted by Gasteiger charge is 2.08. The fourth-order valence-corrected chi connectivity index (χ4v) is 1.62. The van der Waals surface area contributed by atoms with Crippen molar-refractivity contribution in [2.75, 3.05) is 0 Å². The molecule has 1 aromatic rings. The van der Waals surface area contributed by atoms with Gasteiger partial charge in [0.2, 0.25) is 0 Å². The molecule has 0 heterocycles. The topological polar surface area (TPSA) is 12.0 Å². The second-order valence-corrected chi connectivity index (χ2v) is 3.77. The molecule has 0 spiro atoms. The molecule has 1 unspecified atom stereocenters. The molecule has 76 valence electrons. The summed E-state index contributed by atoms with van der Waals surface area (Å²) in [6, 6.07) is 9.20. The molecule has 0 aliphatic rings. The van der Waals surface area contributed by atoms with Gasteiger partial charge in [-0.1, -0.05) is 30.3 Å². The molecule has 2 atom stereocenters. The average Bonchev–Trinajstić information content (AvgIpc) is 2.18. The highest BCUT2D eigenvalue weighted by molar-refractivity contribution is 5.28. The van der Waals surface area contributed by atoms with E-state index in [9.17, 15) is 0 Å². The van der Waals surface area contributed by atoms with Crippen LogP contribution in [-0.4, -0.2) is 6.04 Å². The normalized spacial score (nSPS) is 14.8. The maximum absolute atomic E-state index is 3.77. The monoisotopic (exact) mass is 189 g/mol. The van der Waals surface area contributed by atoms with E-state index < -0.39 is 0 Å². The van der Waals surface area contributed by atoms with Crippen molar-refractivity contribution in [2.45, 2.75) is 32.9 Å². The summed E-state index contributed by atoms with van der Waals surface area (Å²) < 4.78 is 0. The Morgan fingerprint density at radius 3 is 2.50 bits per heavy atom. The lowest BCUT2D eigenvalue weighted by Crippen LogP contribution is -2.27. The Bertz CT molecular complexity index is 304. The third kappa shape index (κ3) is 2.71. The summed E-state index contributed by atoms with van der Waals surface area (Å²) in [4.78, 5) is 0. The van der Waals surface area contributed by atoms with Crippen LogP contribution in [0.25, 0.3) is 0 Å². The Balaban J connectivity index is 2.74. The van der Waals surface area contributed by atoms with Crippen molar-refractivity contribution in [2.24, 2.45) is 0 Å². The SMILES string of the molecule is C=CC(C)N[C@@H](C)c1ccccc1C. The van der Waals surface area contributed by atoms with E-state index >= 15 is 0 Å².